The predicted molar refractivity (Wildman–Crippen MR) is 91.5 cm³/mol. The molecule has 0 spiro atoms. The molecule has 2 aliphatic heterocycles. The second-order valence-electron chi connectivity index (χ2n) is 6.49. The van der Waals surface area contributed by atoms with Crippen LogP contribution in [0.3, 0.4) is 0 Å². The molecule has 0 aliphatic carbocycles. The Balaban J connectivity index is 1.45. The van der Waals surface area contributed by atoms with Crippen LogP contribution in [0, 0.1) is 6.92 Å². The Morgan fingerprint density at radius 2 is 2.26 bits per heavy atom. The van der Waals surface area contributed by atoms with Gasteiger partial charge in [-0.1, -0.05) is 18.2 Å². The lowest BCUT2D eigenvalue weighted by atomic mass is 10.1. The fourth-order valence-electron chi connectivity index (χ4n) is 3.60. The smallest absolute Gasteiger partial charge is 0.236 e. The molecule has 5 heteroatoms. The third-order valence-electron chi connectivity index (χ3n) is 4.74. The van der Waals surface area contributed by atoms with E-state index < -0.39 is 0 Å². The van der Waals surface area contributed by atoms with Crippen LogP contribution < -0.4 is 0 Å². The Kier molecular flexibility index (Phi) is 3.89. The second kappa shape index (κ2) is 6.04. The molecule has 23 heavy (non-hydrogen) atoms. The first-order valence-corrected chi connectivity index (χ1v) is 9.13. The summed E-state index contributed by atoms with van der Waals surface area (Å²) in [5.41, 5.74) is 2.48. The van der Waals surface area contributed by atoms with E-state index in [1.54, 1.807) is 11.8 Å². The number of likely N-dealkylation sites (tertiary alicyclic amines) is 1. The number of nitrogens with zero attached hydrogens (tertiary/aromatic N) is 3. The fraction of sp³-hybridized carbons (Fsp3) is 0.444. The number of benzene rings is 1. The van der Waals surface area contributed by atoms with Gasteiger partial charge in [-0.3, -0.25) is 9.48 Å². The van der Waals surface area contributed by atoms with Gasteiger partial charge in [0.1, 0.15) is 0 Å². The number of carbonyl (C=O) groups is 1. The molecule has 2 atom stereocenters. The molecule has 0 radical (unpaired) electrons. The maximum atomic E-state index is 13.0. The van der Waals surface area contributed by atoms with Gasteiger partial charge in [-0.15, -0.1) is 11.8 Å². The maximum Gasteiger partial charge on any atom is 0.236 e. The van der Waals surface area contributed by atoms with Crippen LogP contribution in [-0.2, 0) is 17.8 Å². The van der Waals surface area contributed by atoms with Gasteiger partial charge in [0.2, 0.25) is 5.91 Å². The minimum atomic E-state index is 0.0485. The summed E-state index contributed by atoms with van der Waals surface area (Å²) in [6.07, 6.45) is 6.98. The molecule has 120 valence electrons. The molecule has 4 rings (SSSR count). The highest BCUT2D eigenvalue weighted by Gasteiger charge is 2.36. The van der Waals surface area contributed by atoms with Crippen molar-refractivity contribution in [1.82, 2.24) is 14.7 Å². The zero-order valence-electron chi connectivity index (χ0n) is 13.3. The maximum absolute atomic E-state index is 13.0. The van der Waals surface area contributed by atoms with Crippen molar-refractivity contribution >= 4 is 17.7 Å². The van der Waals surface area contributed by atoms with E-state index in [9.17, 15) is 4.79 Å². The van der Waals surface area contributed by atoms with E-state index >= 15 is 0 Å². The molecule has 2 aliphatic rings. The monoisotopic (exact) mass is 327 g/mol. The summed E-state index contributed by atoms with van der Waals surface area (Å²) in [5, 5.41) is 4.42. The van der Waals surface area contributed by atoms with Crippen molar-refractivity contribution in [2.45, 2.75) is 48.9 Å². The van der Waals surface area contributed by atoms with Crippen LogP contribution in [-0.4, -0.2) is 38.4 Å². The molecule has 4 nitrogen and oxygen atoms in total. The van der Waals surface area contributed by atoms with E-state index in [1.807, 2.05) is 17.8 Å². The number of carbonyl (C=O) groups excluding carboxylic acids is 1. The van der Waals surface area contributed by atoms with E-state index in [-0.39, 0.29) is 11.3 Å². The van der Waals surface area contributed by atoms with Gasteiger partial charge in [-0.25, -0.2) is 0 Å². The van der Waals surface area contributed by atoms with E-state index in [1.165, 1.54) is 16.0 Å². The highest BCUT2D eigenvalue weighted by molar-refractivity contribution is 8.01. The lowest BCUT2D eigenvalue weighted by Gasteiger charge is -2.27. The first-order chi connectivity index (χ1) is 11.2. The minimum absolute atomic E-state index is 0.0485. The molecular formula is C18H21N3OS. The summed E-state index contributed by atoms with van der Waals surface area (Å²) in [4.78, 5) is 16.4. The van der Waals surface area contributed by atoms with Crippen LogP contribution in [0.1, 0.15) is 24.0 Å². The van der Waals surface area contributed by atoms with Gasteiger partial charge in [0.15, 0.2) is 0 Å². The summed E-state index contributed by atoms with van der Waals surface area (Å²) in [7, 11) is 0. The lowest BCUT2D eigenvalue weighted by molar-refractivity contribution is -0.131. The third kappa shape index (κ3) is 2.90. The van der Waals surface area contributed by atoms with Crippen molar-refractivity contribution in [3.63, 3.8) is 0 Å². The largest absolute Gasteiger partial charge is 0.337 e. The summed E-state index contributed by atoms with van der Waals surface area (Å²) >= 11 is 1.73. The van der Waals surface area contributed by atoms with Gasteiger partial charge in [0.05, 0.1) is 24.0 Å². The van der Waals surface area contributed by atoms with Crippen LogP contribution >= 0.6 is 11.8 Å². The molecule has 1 saturated heterocycles. The predicted octanol–water partition coefficient (Wildman–Crippen LogP) is 2.90. The first-order valence-electron chi connectivity index (χ1n) is 8.25. The number of amides is 1. The van der Waals surface area contributed by atoms with E-state index in [2.05, 4.69) is 40.5 Å². The molecule has 0 saturated carbocycles. The van der Waals surface area contributed by atoms with Crippen molar-refractivity contribution in [3.8, 4) is 0 Å². The summed E-state index contributed by atoms with van der Waals surface area (Å²) in [6, 6.07) is 8.67. The fourth-order valence-corrected chi connectivity index (χ4v) is 4.87. The van der Waals surface area contributed by atoms with Gasteiger partial charge in [-0.05, 0) is 43.4 Å². The Labute approximate surface area is 140 Å². The normalized spacial score (nSPS) is 23.3. The zero-order chi connectivity index (χ0) is 15.8. The quantitative estimate of drug-likeness (QED) is 0.870. The van der Waals surface area contributed by atoms with Crippen molar-refractivity contribution in [3.05, 3.63) is 47.8 Å². The van der Waals surface area contributed by atoms with E-state index in [0.29, 0.717) is 5.91 Å². The Morgan fingerprint density at radius 3 is 3.04 bits per heavy atom. The van der Waals surface area contributed by atoms with Gasteiger partial charge >= 0.3 is 0 Å². The molecule has 1 amide bonds. The van der Waals surface area contributed by atoms with Crippen molar-refractivity contribution in [2.24, 2.45) is 0 Å². The molecule has 3 heterocycles. The number of thioether (sulfide) groups is 1. The Bertz CT molecular complexity index is 702. The minimum Gasteiger partial charge on any atom is -0.337 e. The van der Waals surface area contributed by atoms with Crippen LogP contribution in [0.5, 0.6) is 0 Å². The van der Waals surface area contributed by atoms with Crippen LogP contribution in [0.25, 0.3) is 0 Å². The molecule has 0 bridgehead atoms. The number of rotatable bonds is 3. The van der Waals surface area contributed by atoms with Crippen LogP contribution in [0.4, 0.5) is 0 Å². The van der Waals surface area contributed by atoms with Gasteiger partial charge < -0.3 is 4.90 Å². The molecule has 1 aromatic heterocycles. The average molecular weight is 327 g/mol. The number of hydrogen-bond acceptors (Lipinski definition) is 3. The van der Waals surface area contributed by atoms with Gasteiger partial charge in [-0.2, -0.15) is 5.10 Å². The number of aromatic nitrogens is 2. The molecule has 0 unspecified atom stereocenters. The third-order valence-corrected chi connectivity index (χ3v) is 6.05. The highest BCUT2D eigenvalue weighted by Crippen LogP contribution is 2.38. The van der Waals surface area contributed by atoms with Crippen LogP contribution in [0.15, 0.2) is 41.6 Å². The number of hydrogen-bond donors (Lipinski definition) is 0. The zero-order valence-corrected chi connectivity index (χ0v) is 14.1. The number of aryl methyl sites for hydroxylation is 1. The Morgan fingerprint density at radius 1 is 1.39 bits per heavy atom. The summed E-state index contributed by atoms with van der Waals surface area (Å²) < 4.78 is 1.97. The van der Waals surface area contributed by atoms with E-state index in [4.69, 9.17) is 0 Å². The van der Waals surface area contributed by atoms with E-state index in [0.717, 1.165) is 32.4 Å². The average Bonchev–Trinajstić information content (AvgIpc) is 3.26. The van der Waals surface area contributed by atoms with Crippen LogP contribution in [0.2, 0.25) is 0 Å². The highest BCUT2D eigenvalue weighted by atomic mass is 32.2. The SMILES string of the molecule is Cc1cnn(C[C@H]2CCCN2C(=O)[C@@H]2Cc3ccccc3S2)c1. The molecule has 0 N–H and O–H groups in total. The van der Waals surface area contributed by atoms with Crippen molar-refractivity contribution in [2.75, 3.05) is 6.54 Å². The summed E-state index contributed by atoms with van der Waals surface area (Å²) in [5.74, 6) is 0.303. The van der Waals surface area contributed by atoms with Crippen molar-refractivity contribution in [1.29, 1.82) is 0 Å². The second-order valence-corrected chi connectivity index (χ2v) is 7.73. The topological polar surface area (TPSA) is 38.1 Å². The van der Waals surface area contributed by atoms with Gasteiger partial charge in [0.25, 0.3) is 0 Å². The summed E-state index contributed by atoms with van der Waals surface area (Å²) in [6.45, 7) is 3.74. The molecule has 2 aromatic rings. The standard InChI is InChI=1S/C18H21N3OS/c1-13-10-19-20(11-13)12-15-6-4-8-21(15)18(22)17-9-14-5-2-3-7-16(14)23-17/h2-3,5,7,10-11,15,17H,4,6,8-9,12H2,1H3/t15-,17+/m1/s1. The number of fused-ring (bicyclic) bond motifs is 1. The van der Waals surface area contributed by atoms with Crippen molar-refractivity contribution < 1.29 is 4.79 Å². The Hall–Kier alpha value is -1.75. The first kappa shape index (κ1) is 14.8. The van der Waals surface area contributed by atoms with Gasteiger partial charge in [0, 0.05) is 17.6 Å². The molecular weight excluding hydrogens is 306 g/mol. The molecule has 1 fully saturated rings. The molecule has 1 aromatic carbocycles. The lowest BCUT2D eigenvalue weighted by Crippen LogP contribution is -2.42.